The fourth-order valence-corrected chi connectivity index (χ4v) is 5.76. The molecule has 1 heterocycles. The summed E-state index contributed by atoms with van der Waals surface area (Å²) in [5.41, 5.74) is -2.95. The molecule has 1 N–H and O–H groups in total. The van der Waals surface area contributed by atoms with E-state index in [0.717, 1.165) is 38.8 Å². The maximum Gasteiger partial charge on any atom is 0.516 e. The minimum Gasteiger partial charge on any atom is -0.323 e. The third-order valence-electron chi connectivity index (χ3n) is 6.64. The lowest BCUT2D eigenvalue weighted by Crippen LogP contribution is -2.40. The Hall–Kier alpha value is -3.75. The number of fused-ring (bicyclic) bond motifs is 1. The summed E-state index contributed by atoms with van der Waals surface area (Å²) in [4.78, 5) is 17.4. The summed E-state index contributed by atoms with van der Waals surface area (Å²) in [6.45, 7) is 2.46. The van der Waals surface area contributed by atoms with E-state index in [0.29, 0.717) is 24.0 Å². The van der Waals surface area contributed by atoms with E-state index in [9.17, 15) is 34.8 Å². The Labute approximate surface area is 242 Å². The molecule has 0 spiro atoms. The quantitative estimate of drug-likeness (QED) is 0.268. The molecule has 4 rings (SSSR count). The van der Waals surface area contributed by atoms with Gasteiger partial charge in [0.05, 0.1) is 15.9 Å². The van der Waals surface area contributed by atoms with Gasteiger partial charge >= 0.3 is 15.5 Å². The number of carbonyl (C=O) groups is 1. The van der Waals surface area contributed by atoms with Gasteiger partial charge in [0.25, 0.3) is 5.91 Å². The summed E-state index contributed by atoms with van der Waals surface area (Å²) in [6, 6.07) is 17.5. The fourth-order valence-electron chi connectivity index (χ4n) is 4.37. The van der Waals surface area contributed by atoms with Crippen molar-refractivity contribution in [2.75, 3.05) is 14.1 Å². The summed E-state index contributed by atoms with van der Waals surface area (Å²) >= 11 is 0. The number of carbonyl (C=O) groups excluding carboxylic acids is 1. The lowest BCUT2D eigenvalue weighted by molar-refractivity contribution is -0.0446. The molecule has 14 heteroatoms. The molecular weight excluding hydrogens is 593 g/mol. The predicted octanol–water partition coefficient (Wildman–Crippen LogP) is 4.92. The van der Waals surface area contributed by atoms with Crippen molar-refractivity contribution in [3.8, 4) is 11.1 Å². The van der Waals surface area contributed by atoms with E-state index in [1.54, 1.807) is 48.5 Å². The molecule has 0 unspecified atom stereocenters. The zero-order valence-electron chi connectivity index (χ0n) is 23.0. The van der Waals surface area contributed by atoms with Crippen LogP contribution in [0.15, 0.2) is 71.6 Å². The molecule has 0 radical (unpaired) electrons. The van der Waals surface area contributed by atoms with Gasteiger partial charge in [-0.1, -0.05) is 55.8 Å². The SMILES string of the molecule is CCCCc1nc2cc(S(=O)(=O)N(C)C)ccc2n1Cc1ccc(-c2ccccc2C(=O)NS(=O)(=O)C(F)(F)F)cc1. The van der Waals surface area contributed by atoms with Gasteiger partial charge in [0.2, 0.25) is 10.0 Å². The van der Waals surface area contributed by atoms with Gasteiger partial charge < -0.3 is 4.57 Å². The third kappa shape index (κ3) is 6.35. The smallest absolute Gasteiger partial charge is 0.323 e. The maximum atomic E-state index is 12.8. The van der Waals surface area contributed by atoms with Crippen molar-refractivity contribution in [1.29, 1.82) is 0 Å². The maximum absolute atomic E-state index is 12.8. The summed E-state index contributed by atoms with van der Waals surface area (Å²) in [5, 5.41) is 0. The minimum atomic E-state index is -5.87. The van der Waals surface area contributed by atoms with Gasteiger partial charge in [-0.25, -0.2) is 22.4 Å². The van der Waals surface area contributed by atoms with E-state index in [4.69, 9.17) is 4.98 Å². The molecule has 9 nitrogen and oxygen atoms in total. The van der Waals surface area contributed by atoms with Crippen LogP contribution in [0.5, 0.6) is 0 Å². The highest BCUT2D eigenvalue weighted by atomic mass is 32.2. The lowest BCUT2D eigenvalue weighted by atomic mass is 9.98. The summed E-state index contributed by atoms with van der Waals surface area (Å²) in [7, 11) is -6.58. The van der Waals surface area contributed by atoms with Gasteiger partial charge in [-0.15, -0.1) is 0 Å². The Kier molecular flexibility index (Phi) is 8.81. The van der Waals surface area contributed by atoms with Crippen LogP contribution < -0.4 is 4.72 Å². The molecule has 42 heavy (non-hydrogen) atoms. The number of nitrogens with zero attached hydrogens (tertiary/aromatic N) is 3. The van der Waals surface area contributed by atoms with Gasteiger partial charge in [0, 0.05) is 32.6 Å². The number of halogens is 3. The van der Waals surface area contributed by atoms with Crippen LogP contribution in [0.25, 0.3) is 22.2 Å². The van der Waals surface area contributed by atoms with Crippen LogP contribution in [0.1, 0.15) is 41.5 Å². The Morgan fingerprint density at radius 1 is 0.976 bits per heavy atom. The predicted molar refractivity (Wildman–Crippen MR) is 153 cm³/mol. The van der Waals surface area contributed by atoms with E-state index in [1.165, 1.54) is 32.3 Å². The van der Waals surface area contributed by atoms with E-state index in [2.05, 4.69) is 6.92 Å². The second-order valence-electron chi connectivity index (χ2n) is 9.78. The van der Waals surface area contributed by atoms with Crippen molar-refractivity contribution in [3.63, 3.8) is 0 Å². The molecule has 3 aromatic carbocycles. The number of alkyl halides is 3. The lowest BCUT2D eigenvalue weighted by Gasteiger charge is -2.13. The number of amides is 1. The second kappa shape index (κ2) is 11.9. The summed E-state index contributed by atoms with van der Waals surface area (Å²) in [5.74, 6) is -0.601. The minimum absolute atomic E-state index is 0.141. The molecule has 0 atom stereocenters. The molecule has 0 saturated heterocycles. The Balaban J connectivity index is 1.66. The number of imidazole rings is 1. The van der Waals surface area contributed by atoms with Crippen molar-refractivity contribution >= 4 is 37.0 Å². The second-order valence-corrected chi connectivity index (χ2v) is 13.6. The van der Waals surface area contributed by atoms with Crippen LogP contribution in [0, 0.1) is 0 Å². The van der Waals surface area contributed by atoms with Crippen LogP contribution in [0.4, 0.5) is 13.2 Å². The largest absolute Gasteiger partial charge is 0.516 e. The third-order valence-corrected chi connectivity index (χ3v) is 9.51. The number of hydrogen-bond acceptors (Lipinski definition) is 6. The van der Waals surface area contributed by atoms with Crippen LogP contribution in [0.3, 0.4) is 0 Å². The van der Waals surface area contributed by atoms with Gasteiger partial charge in [0.1, 0.15) is 5.82 Å². The van der Waals surface area contributed by atoms with E-state index in [1.807, 2.05) is 4.57 Å². The summed E-state index contributed by atoms with van der Waals surface area (Å²) in [6.07, 6.45) is 2.51. The van der Waals surface area contributed by atoms with Crippen LogP contribution in [-0.2, 0) is 33.0 Å². The van der Waals surface area contributed by atoms with Crippen molar-refractivity contribution < 1.29 is 34.8 Å². The molecule has 1 amide bonds. The first-order valence-electron chi connectivity index (χ1n) is 12.9. The van der Waals surface area contributed by atoms with E-state index >= 15 is 0 Å². The van der Waals surface area contributed by atoms with Crippen molar-refractivity contribution in [1.82, 2.24) is 18.6 Å². The monoisotopic (exact) mass is 622 g/mol. The topological polar surface area (TPSA) is 118 Å². The number of hydrogen-bond donors (Lipinski definition) is 1. The molecular formula is C28H29F3N4O5S2. The first kappa shape index (κ1) is 31.2. The Bertz CT molecular complexity index is 1830. The van der Waals surface area contributed by atoms with Gasteiger partial charge in [0.15, 0.2) is 0 Å². The number of aromatic nitrogens is 2. The molecule has 224 valence electrons. The number of nitrogens with one attached hydrogen (secondary N) is 1. The average molecular weight is 623 g/mol. The first-order valence-corrected chi connectivity index (χ1v) is 15.8. The van der Waals surface area contributed by atoms with Crippen molar-refractivity contribution in [3.05, 3.63) is 83.7 Å². The number of unbranched alkanes of at least 4 members (excludes halogenated alkanes) is 1. The number of benzene rings is 3. The van der Waals surface area contributed by atoms with Crippen LogP contribution in [-0.4, -0.2) is 56.2 Å². The Morgan fingerprint density at radius 2 is 1.64 bits per heavy atom. The molecule has 1 aromatic heterocycles. The molecule has 0 aliphatic rings. The van der Waals surface area contributed by atoms with E-state index in [-0.39, 0.29) is 16.0 Å². The van der Waals surface area contributed by atoms with Crippen LogP contribution in [0.2, 0.25) is 0 Å². The highest BCUT2D eigenvalue weighted by molar-refractivity contribution is 7.91. The van der Waals surface area contributed by atoms with Gasteiger partial charge in [-0.2, -0.15) is 21.6 Å². The highest BCUT2D eigenvalue weighted by Gasteiger charge is 2.47. The zero-order valence-corrected chi connectivity index (χ0v) is 24.6. The molecule has 4 aromatic rings. The Morgan fingerprint density at radius 3 is 2.26 bits per heavy atom. The van der Waals surface area contributed by atoms with Crippen LogP contribution >= 0.6 is 0 Å². The van der Waals surface area contributed by atoms with Crippen molar-refractivity contribution in [2.24, 2.45) is 0 Å². The van der Waals surface area contributed by atoms with Crippen molar-refractivity contribution in [2.45, 2.75) is 43.1 Å². The molecule has 0 aliphatic heterocycles. The standard InChI is InChI=1S/C28H29F3N4O5S2/c1-4-5-10-26-32-24-17-21(41(37,38)34(2)3)15-16-25(24)35(26)18-19-11-13-20(14-12-19)22-8-6-7-9-23(22)27(36)33-42(39,40)28(29,30)31/h6-9,11-17H,4-5,10,18H2,1-3H3,(H,33,36). The number of rotatable bonds is 10. The highest BCUT2D eigenvalue weighted by Crippen LogP contribution is 2.28. The normalized spacial score (nSPS) is 12.6. The number of sulfonamides is 2. The van der Waals surface area contributed by atoms with E-state index < -0.39 is 31.5 Å². The molecule has 0 saturated carbocycles. The molecule has 0 fully saturated rings. The van der Waals surface area contributed by atoms with Gasteiger partial charge in [-0.3, -0.25) is 4.79 Å². The molecule has 0 aliphatic carbocycles. The zero-order chi connectivity index (χ0) is 30.9. The fraction of sp³-hybridized carbons (Fsp3) is 0.286. The molecule has 0 bridgehead atoms. The average Bonchev–Trinajstić information content (AvgIpc) is 3.27. The first-order chi connectivity index (χ1) is 19.7. The number of aryl methyl sites for hydroxylation is 1. The van der Waals surface area contributed by atoms with Gasteiger partial charge in [-0.05, 0) is 47.4 Å². The summed E-state index contributed by atoms with van der Waals surface area (Å²) < 4.78 is 90.8.